The zero-order valence-corrected chi connectivity index (χ0v) is 25.6. The van der Waals surface area contributed by atoms with Gasteiger partial charge in [-0.15, -0.1) is 5.92 Å². The van der Waals surface area contributed by atoms with Crippen molar-refractivity contribution in [3.05, 3.63) is 170 Å². The Labute approximate surface area is 252 Å². The predicted molar refractivity (Wildman–Crippen MR) is 188 cm³/mol. The maximum atomic E-state index is 6.37. The summed E-state index contributed by atoms with van der Waals surface area (Å²) in [5.74, 6) is 7.48. The quantitative estimate of drug-likeness (QED) is 0.0983. The van der Waals surface area contributed by atoms with Crippen molar-refractivity contribution in [3.63, 3.8) is 0 Å². The molecule has 42 heavy (non-hydrogen) atoms. The van der Waals surface area contributed by atoms with Gasteiger partial charge in [-0.3, -0.25) is 0 Å². The summed E-state index contributed by atoms with van der Waals surface area (Å²) >= 11 is 0. The number of para-hydroxylation sites is 1. The number of ether oxygens (including phenoxy) is 1. The molecule has 0 aliphatic carbocycles. The van der Waals surface area contributed by atoms with Gasteiger partial charge in [-0.1, -0.05) is 158 Å². The Bertz CT molecular complexity index is 1630. The van der Waals surface area contributed by atoms with E-state index in [1.54, 1.807) is 0 Å². The van der Waals surface area contributed by atoms with Gasteiger partial charge in [0.05, 0.1) is 0 Å². The van der Waals surface area contributed by atoms with E-state index in [-0.39, 0.29) is 0 Å². The second kappa shape index (κ2) is 15.6. The average Bonchev–Trinajstić information content (AvgIpc) is 3.05. The molecule has 0 aliphatic rings. The Balaban J connectivity index is 1.37. The van der Waals surface area contributed by atoms with Crippen molar-refractivity contribution in [3.8, 4) is 17.6 Å². The molecule has 0 atom stereocenters. The Hall–Kier alpha value is -4.33. The van der Waals surface area contributed by atoms with E-state index in [9.17, 15) is 0 Å². The zero-order valence-electron chi connectivity index (χ0n) is 23.7. The van der Waals surface area contributed by atoms with Crippen molar-refractivity contribution in [2.45, 2.75) is 6.92 Å². The van der Waals surface area contributed by atoms with E-state index in [1.807, 2.05) is 13.0 Å². The molecular formula is C39H34OP2. The molecule has 5 aromatic carbocycles. The fourth-order valence-electron chi connectivity index (χ4n) is 4.78. The van der Waals surface area contributed by atoms with Crippen LogP contribution in [0, 0.1) is 11.8 Å². The molecule has 0 spiro atoms. The summed E-state index contributed by atoms with van der Waals surface area (Å²) in [6, 6.07) is 51.3. The number of hydrogen-bond acceptors (Lipinski definition) is 1. The minimum atomic E-state index is -1.21. The van der Waals surface area contributed by atoms with Gasteiger partial charge in [-0.05, 0) is 61.8 Å². The first-order valence-corrected chi connectivity index (χ1v) is 16.9. The van der Waals surface area contributed by atoms with Crippen molar-refractivity contribution in [2.75, 3.05) is 6.61 Å². The lowest BCUT2D eigenvalue weighted by molar-refractivity contribution is 0.366. The summed E-state index contributed by atoms with van der Waals surface area (Å²) in [4.78, 5) is 0. The van der Waals surface area contributed by atoms with Gasteiger partial charge in [0.1, 0.15) is 12.4 Å². The monoisotopic (exact) mass is 580 g/mol. The molecule has 0 N–H and O–H groups in total. The molecular weight excluding hydrogens is 546 g/mol. The second-order valence-corrected chi connectivity index (χ2v) is 14.1. The lowest BCUT2D eigenvalue weighted by Gasteiger charge is -2.22. The van der Waals surface area contributed by atoms with Gasteiger partial charge in [0.25, 0.3) is 0 Å². The van der Waals surface area contributed by atoms with Crippen molar-refractivity contribution >= 4 is 47.3 Å². The van der Waals surface area contributed by atoms with Crippen molar-refractivity contribution in [1.82, 2.24) is 0 Å². The van der Waals surface area contributed by atoms with Crippen LogP contribution >= 0.6 is 15.5 Å². The number of hydrogen-bond donors (Lipinski definition) is 0. The third-order valence-electron chi connectivity index (χ3n) is 6.63. The Morgan fingerprint density at radius 1 is 0.643 bits per heavy atom. The standard InChI is InChI=1S/C39H34OP2/c1-2-20-33(41(34-22-8-3-9-23-34)35-24-10-4-11-25-35)21-16-7-19-32-40-38-30-17-18-31-39(38)42(36-26-12-5-13-27-36)37-28-14-6-15-29-37/h3-19,21-31,41H,32H2,1H3/b19-7-,21-16-. The fraction of sp³-hybridized carbons (Fsp3) is 0.0513. The van der Waals surface area contributed by atoms with Gasteiger partial charge in [0.2, 0.25) is 0 Å². The molecule has 0 fully saturated rings. The maximum absolute atomic E-state index is 6.37. The number of allylic oxidation sites excluding steroid dienone is 3. The lowest BCUT2D eigenvalue weighted by atomic mass is 10.3. The first kappa shape index (κ1) is 29.2. The molecule has 0 saturated heterocycles. The fourth-order valence-corrected chi connectivity index (χ4v) is 9.69. The maximum Gasteiger partial charge on any atom is 0.128 e. The van der Waals surface area contributed by atoms with E-state index in [2.05, 4.69) is 176 Å². The summed E-state index contributed by atoms with van der Waals surface area (Å²) in [6.07, 6.45) is 8.38. The van der Waals surface area contributed by atoms with E-state index in [0.717, 1.165) is 11.0 Å². The molecule has 5 aromatic rings. The van der Waals surface area contributed by atoms with Gasteiger partial charge in [0, 0.05) is 10.6 Å². The number of benzene rings is 5. The van der Waals surface area contributed by atoms with Crippen LogP contribution in [0.4, 0.5) is 0 Å². The van der Waals surface area contributed by atoms with E-state index < -0.39 is 15.5 Å². The summed E-state index contributed by atoms with van der Waals surface area (Å²) in [6.45, 7) is 2.39. The third kappa shape index (κ3) is 7.69. The molecule has 0 unspecified atom stereocenters. The molecule has 0 bridgehead atoms. The van der Waals surface area contributed by atoms with Gasteiger partial charge >= 0.3 is 0 Å². The van der Waals surface area contributed by atoms with Gasteiger partial charge in [-0.25, -0.2) is 0 Å². The summed E-state index contributed by atoms with van der Waals surface area (Å²) in [7, 11) is -1.95. The highest BCUT2D eigenvalue weighted by atomic mass is 31.1. The Morgan fingerprint density at radius 2 is 1.14 bits per heavy atom. The molecule has 0 aliphatic heterocycles. The minimum Gasteiger partial charge on any atom is -0.489 e. The highest BCUT2D eigenvalue weighted by molar-refractivity contribution is 7.80. The minimum absolute atomic E-state index is 0.484. The van der Waals surface area contributed by atoms with Crippen LogP contribution in [0.5, 0.6) is 5.75 Å². The van der Waals surface area contributed by atoms with Crippen LogP contribution in [0.3, 0.4) is 0 Å². The molecule has 0 saturated carbocycles. The van der Waals surface area contributed by atoms with Crippen LogP contribution in [0.15, 0.2) is 170 Å². The first-order valence-electron chi connectivity index (χ1n) is 14.1. The molecule has 5 rings (SSSR count). The van der Waals surface area contributed by atoms with E-state index >= 15 is 0 Å². The highest BCUT2D eigenvalue weighted by Gasteiger charge is 2.19. The highest BCUT2D eigenvalue weighted by Crippen LogP contribution is 2.36. The van der Waals surface area contributed by atoms with Crippen LogP contribution in [0.25, 0.3) is 0 Å². The second-order valence-electron chi connectivity index (χ2n) is 9.47. The zero-order chi connectivity index (χ0) is 28.8. The lowest BCUT2D eigenvalue weighted by Crippen LogP contribution is -2.22. The third-order valence-corrected chi connectivity index (χ3v) is 11.8. The van der Waals surface area contributed by atoms with Crippen molar-refractivity contribution in [2.24, 2.45) is 0 Å². The molecule has 0 radical (unpaired) electrons. The van der Waals surface area contributed by atoms with E-state index in [0.29, 0.717) is 6.61 Å². The van der Waals surface area contributed by atoms with Crippen LogP contribution in [0.1, 0.15) is 6.92 Å². The topological polar surface area (TPSA) is 9.23 Å². The SMILES string of the molecule is CC#CC(/C=C\C=C/COc1ccccc1P(c1ccccc1)c1ccccc1)=[PH](c1ccccc1)c1ccccc1. The Kier molecular flexibility index (Phi) is 10.8. The molecule has 0 aromatic heterocycles. The van der Waals surface area contributed by atoms with E-state index in [4.69, 9.17) is 4.74 Å². The Morgan fingerprint density at radius 3 is 1.69 bits per heavy atom. The molecule has 1 nitrogen and oxygen atoms in total. The molecule has 0 heterocycles. The summed E-state index contributed by atoms with van der Waals surface area (Å²) in [5.41, 5.74) is 0. The van der Waals surface area contributed by atoms with Gasteiger partial charge < -0.3 is 4.74 Å². The van der Waals surface area contributed by atoms with Crippen molar-refractivity contribution < 1.29 is 4.74 Å². The molecule has 206 valence electrons. The average molecular weight is 581 g/mol. The summed E-state index contributed by atoms with van der Waals surface area (Å²) in [5, 5.41) is 7.65. The largest absolute Gasteiger partial charge is 0.489 e. The van der Waals surface area contributed by atoms with E-state index in [1.165, 1.54) is 26.5 Å². The molecule has 3 heteroatoms. The van der Waals surface area contributed by atoms with Crippen LogP contribution < -0.4 is 31.3 Å². The normalized spacial score (nSPS) is 11.1. The first-order chi connectivity index (χ1) is 20.8. The van der Waals surface area contributed by atoms with Gasteiger partial charge in [-0.2, -0.15) is 0 Å². The predicted octanol–water partition coefficient (Wildman–Crippen LogP) is 7.00. The van der Waals surface area contributed by atoms with Gasteiger partial charge in [0.15, 0.2) is 0 Å². The number of rotatable bonds is 10. The van der Waals surface area contributed by atoms with Crippen molar-refractivity contribution in [1.29, 1.82) is 0 Å². The van der Waals surface area contributed by atoms with Crippen LogP contribution in [-0.2, 0) is 0 Å². The van der Waals surface area contributed by atoms with Crippen LogP contribution in [-0.4, -0.2) is 11.9 Å². The summed E-state index contributed by atoms with van der Waals surface area (Å²) < 4.78 is 6.37. The van der Waals surface area contributed by atoms with Crippen LogP contribution in [0.2, 0.25) is 0 Å². The molecule has 0 amide bonds. The smallest absolute Gasteiger partial charge is 0.128 e.